The Bertz CT molecular complexity index is 254. The minimum atomic E-state index is -0.306. The summed E-state index contributed by atoms with van der Waals surface area (Å²) < 4.78 is 5.29. The van der Waals surface area contributed by atoms with Crippen LogP contribution in [0.25, 0.3) is 0 Å². The zero-order valence-electron chi connectivity index (χ0n) is 10.5. The third-order valence-corrected chi connectivity index (χ3v) is 4.20. The number of carbonyl (C=O) groups is 1. The van der Waals surface area contributed by atoms with Crippen LogP contribution in [0.4, 0.5) is 0 Å². The molecule has 1 heterocycles. The van der Waals surface area contributed by atoms with Gasteiger partial charge in [0.2, 0.25) is 5.91 Å². The molecule has 3 N–H and O–H groups in total. The summed E-state index contributed by atoms with van der Waals surface area (Å²) in [6.45, 7) is 1.90. The quantitative estimate of drug-likeness (QED) is 0.728. The molecule has 17 heavy (non-hydrogen) atoms. The molecule has 2 aliphatic rings. The van der Waals surface area contributed by atoms with Crippen LogP contribution in [0.15, 0.2) is 0 Å². The second-order valence-corrected chi connectivity index (χ2v) is 5.43. The Morgan fingerprint density at radius 2 is 2.00 bits per heavy atom. The van der Waals surface area contributed by atoms with E-state index in [9.17, 15) is 4.79 Å². The summed E-state index contributed by atoms with van der Waals surface area (Å²) in [5.41, 5.74) is 5.58. The SMILES string of the molecule is NCC1(C(=O)NC2CCOC2)CCCCCC1. The Morgan fingerprint density at radius 1 is 1.29 bits per heavy atom. The summed E-state index contributed by atoms with van der Waals surface area (Å²) in [5.74, 6) is 0.164. The average Bonchev–Trinajstić information content (AvgIpc) is 2.72. The van der Waals surface area contributed by atoms with Crippen LogP contribution in [0, 0.1) is 5.41 Å². The first kappa shape index (κ1) is 12.8. The molecule has 2 rings (SSSR count). The van der Waals surface area contributed by atoms with E-state index in [0.29, 0.717) is 13.2 Å². The van der Waals surface area contributed by atoms with Gasteiger partial charge in [0.15, 0.2) is 0 Å². The van der Waals surface area contributed by atoms with Crippen molar-refractivity contribution in [1.29, 1.82) is 0 Å². The molecule has 98 valence electrons. The van der Waals surface area contributed by atoms with Gasteiger partial charge in [-0.05, 0) is 19.3 Å². The van der Waals surface area contributed by atoms with E-state index in [2.05, 4.69) is 5.32 Å². The second kappa shape index (κ2) is 5.83. The van der Waals surface area contributed by atoms with E-state index in [1.165, 1.54) is 12.8 Å². The molecule has 1 unspecified atom stereocenters. The maximum atomic E-state index is 12.4. The number of nitrogens with one attached hydrogen (secondary N) is 1. The summed E-state index contributed by atoms with van der Waals surface area (Å²) in [7, 11) is 0. The van der Waals surface area contributed by atoms with Crippen LogP contribution in [-0.2, 0) is 9.53 Å². The van der Waals surface area contributed by atoms with Crippen molar-refractivity contribution in [2.45, 2.75) is 51.0 Å². The minimum absolute atomic E-state index is 0.164. The van der Waals surface area contributed by atoms with Crippen LogP contribution < -0.4 is 11.1 Å². The van der Waals surface area contributed by atoms with E-state index < -0.39 is 0 Å². The number of nitrogens with two attached hydrogens (primary N) is 1. The highest BCUT2D eigenvalue weighted by atomic mass is 16.5. The predicted octanol–water partition coefficient (Wildman–Crippen LogP) is 1.19. The fourth-order valence-corrected chi connectivity index (χ4v) is 2.92. The summed E-state index contributed by atoms with van der Waals surface area (Å²) in [5, 5.41) is 3.12. The lowest BCUT2D eigenvalue weighted by molar-refractivity contribution is -0.132. The van der Waals surface area contributed by atoms with Crippen LogP contribution in [0.1, 0.15) is 44.9 Å². The summed E-state index contributed by atoms with van der Waals surface area (Å²) in [6, 6.07) is 0.203. The fraction of sp³-hybridized carbons (Fsp3) is 0.923. The van der Waals surface area contributed by atoms with Crippen molar-refractivity contribution in [3.05, 3.63) is 0 Å². The van der Waals surface area contributed by atoms with Crippen molar-refractivity contribution in [2.75, 3.05) is 19.8 Å². The van der Waals surface area contributed by atoms with Gasteiger partial charge in [0.25, 0.3) is 0 Å². The second-order valence-electron chi connectivity index (χ2n) is 5.43. The van der Waals surface area contributed by atoms with Crippen LogP contribution in [0.3, 0.4) is 0 Å². The number of rotatable bonds is 3. The van der Waals surface area contributed by atoms with Gasteiger partial charge in [0.1, 0.15) is 0 Å². The third-order valence-electron chi connectivity index (χ3n) is 4.20. The number of ether oxygens (including phenoxy) is 1. The van der Waals surface area contributed by atoms with Crippen LogP contribution in [0.5, 0.6) is 0 Å². The molecule has 1 saturated carbocycles. The van der Waals surface area contributed by atoms with Crippen LogP contribution in [-0.4, -0.2) is 31.7 Å². The Hall–Kier alpha value is -0.610. The maximum Gasteiger partial charge on any atom is 0.227 e. The van der Waals surface area contributed by atoms with E-state index >= 15 is 0 Å². The highest BCUT2D eigenvalue weighted by Crippen LogP contribution is 2.34. The van der Waals surface area contributed by atoms with Gasteiger partial charge in [0.05, 0.1) is 18.1 Å². The number of hydrogen-bond acceptors (Lipinski definition) is 3. The lowest BCUT2D eigenvalue weighted by Crippen LogP contribution is -2.49. The van der Waals surface area contributed by atoms with Crippen LogP contribution in [0.2, 0.25) is 0 Å². The van der Waals surface area contributed by atoms with E-state index in [-0.39, 0.29) is 17.4 Å². The highest BCUT2D eigenvalue weighted by molar-refractivity contribution is 5.83. The van der Waals surface area contributed by atoms with Crippen molar-refractivity contribution in [3.8, 4) is 0 Å². The van der Waals surface area contributed by atoms with Gasteiger partial charge < -0.3 is 15.8 Å². The summed E-state index contributed by atoms with van der Waals surface area (Å²) in [6.07, 6.45) is 7.57. The van der Waals surface area contributed by atoms with Gasteiger partial charge in [-0.2, -0.15) is 0 Å². The van der Waals surface area contributed by atoms with Crippen molar-refractivity contribution in [1.82, 2.24) is 5.32 Å². The molecular weight excluding hydrogens is 216 g/mol. The monoisotopic (exact) mass is 240 g/mol. The smallest absolute Gasteiger partial charge is 0.227 e. The molecule has 1 atom stereocenters. The molecule has 1 aliphatic carbocycles. The molecule has 0 aromatic heterocycles. The number of carbonyl (C=O) groups excluding carboxylic acids is 1. The molecular formula is C13H24N2O2. The normalized spacial score (nSPS) is 28.6. The van der Waals surface area contributed by atoms with Gasteiger partial charge in [-0.15, -0.1) is 0 Å². The maximum absolute atomic E-state index is 12.4. The molecule has 2 fully saturated rings. The van der Waals surface area contributed by atoms with E-state index in [4.69, 9.17) is 10.5 Å². The van der Waals surface area contributed by atoms with Gasteiger partial charge in [-0.1, -0.05) is 25.7 Å². The Balaban J connectivity index is 1.96. The number of hydrogen-bond donors (Lipinski definition) is 2. The first-order valence-electron chi connectivity index (χ1n) is 6.86. The molecule has 0 spiro atoms. The highest BCUT2D eigenvalue weighted by Gasteiger charge is 2.38. The Morgan fingerprint density at radius 3 is 2.53 bits per heavy atom. The largest absolute Gasteiger partial charge is 0.379 e. The summed E-state index contributed by atoms with van der Waals surface area (Å²) >= 11 is 0. The molecule has 1 amide bonds. The topological polar surface area (TPSA) is 64.4 Å². The predicted molar refractivity (Wildman–Crippen MR) is 66.6 cm³/mol. The average molecular weight is 240 g/mol. The molecule has 1 saturated heterocycles. The van der Waals surface area contributed by atoms with Crippen molar-refractivity contribution in [2.24, 2.45) is 11.1 Å². The van der Waals surface area contributed by atoms with Crippen LogP contribution >= 0.6 is 0 Å². The van der Waals surface area contributed by atoms with Gasteiger partial charge in [-0.3, -0.25) is 4.79 Å². The number of amides is 1. The van der Waals surface area contributed by atoms with Gasteiger partial charge in [0, 0.05) is 13.2 Å². The lowest BCUT2D eigenvalue weighted by atomic mass is 9.79. The minimum Gasteiger partial charge on any atom is -0.379 e. The lowest BCUT2D eigenvalue weighted by Gasteiger charge is -2.31. The first-order chi connectivity index (χ1) is 8.27. The zero-order valence-corrected chi connectivity index (χ0v) is 10.5. The van der Waals surface area contributed by atoms with Crippen molar-refractivity contribution in [3.63, 3.8) is 0 Å². The molecule has 0 aromatic carbocycles. The Kier molecular flexibility index (Phi) is 4.40. The zero-order chi connectivity index (χ0) is 12.1. The fourth-order valence-electron chi connectivity index (χ4n) is 2.92. The Labute approximate surface area is 103 Å². The van der Waals surface area contributed by atoms with E-state index in [1.54, 1.807) is 0 Å². The van der Waals surface area contributed by atoms with Crippen molar-refractivity contribution < 1.29 is 9.53 Å². The molecule has 0 radical (unpaired) electrons. The molecule has 1 aliphatic heterocycles. The molecule has 0 bridgehead atoms. The van der Waals surface area contributed by atoms with Crippen molar-refractivity contribution >= 4 is 5.91 Å². The van der Waals surface area contributed by atoms with E-state index in [1.807, 2.05) is 0 Å². The standard InChI is InChI=1S/C13H24N2O2/c14-10-13(6-3-1-2-4-7-13)12(16)15-11-5-8-17-9-11/h11H,1-10,14H2,(H,15,16). The first-order valence-corrected chi connectivity index (χ1v) is 6.86. The summed E-state index contributed by atoms with van der Waals surface area (Å²) in [4.78, 5) is 12.4. The molecule has 4 heteroatoms. The third kappa shape index (κ3) is 2.99. The molecule has 4 nitrogen and oxygen atoms in total. The van der Waals surface area contributed by atoms with Gasteiger partial charge in [-0.25, -0.2) is 0 Å². The van der Waals surface area contributed by atoms with Gasteiger partial charge >= 0.3 is 0 Å². The van der Waals surface area contributed by atoms with E-state index in [0.717, 1.165) is 38.7 Å². The molecule has 0 aromatic rings.